The monoisotopic (exact) mass is 1850 g/mol. The number of phenols is 2. The van der Waals surface area contributed by atoms with Crippen LogP contribution in [0.4, 0.5) is 0 Å². The van der Waals surface area contributed by atoms with Gasteiger partial charge in [0, 0.05) is 145 Å². The van der Waals surface area contributed by atoms with E-state index in [0.717, 1.165) is 31.8 Å². The number of likely N-dealkylation sites (N-methyl/N-ethyl adjacent to an activating group) is 5. The van der Waals surface area contributed by atoms with Crippen molar-refractivity contribution in [3.63, 3.8) is 0 Å². The number of nitrogens with two attached hydrogens (primary N) is 1. The molecule has 0 saturated carbocycles. The Morgan fingerprint density at radius 3 is 1.51 bits per heavy atom. The second-order valence-corrected chi connectivity index (χ2v) is 35.7. The van der Waals surface area contributed by atoms with Crippen LogP contribution in [0.1, 0.15) is 127 Å². The van der Waals surface area contributed by atoms with Crippen LogP contribution in [0, 0.1) is 23.7 Å². The molecule has 1 fully saturated rings. The van der Waals surface area contributed by atoms with Crippen LogP contribution in [0.15, 0.2) is 170 Å². The quantitative estimate of drug-likeness (QED) is 0.0270. The molecular formula is C99H126N14O19S. The molecule has 12 amide bonds. The molecule has 1 aliphatic rings. The third kappa shape index (κ3) is 30.5. The standard InChI is InChI=1S/C98H122N14O19S.CH4/c1-11-12-31-82-97(129)108(6)53-70(116)47-67(55-131-58-113)86(118)50-73(60(4)5)94(126)111(9)83(46-62-25-17-14-18-26-62)93(125)106-79(45-64-34-38-69(115)39-35-64)95(127)109(7)54-88(120)102-78(48-65-51-100-74-29-21-19-27-71(65)74)92(124)105-77(43-63-32-36-68(114)37-33-63)91(123)104-76(42-59(2)3)90(122)107-81(85(117)40-41-87(99)119)56-132-57-89(121)103-80(44-61-23-15-13-16-24-61)96(128)112(10)84(98(130)110(82)8)49-66-52-101-75-30-22-20-28-72(66)75;/h13-30,32-39,51-52,58-60,67,73,76-84,100-101,114-115H,11-12,31,40-50,53-57H2,1-10H3,(H2,99,119)(H,102,120)(H,103,121)(H,104,123)(H,105,124)(H,106,125)(H,107,122);1H4/t67-,73-,76-,77-,78-,79-,80-,81-,82-,83-,84-;/m0./s1. The number of phenolic OH excluding ortho intramolecular Hbond substituents is 2. The van der Waals surface area contributed by atoms with Crippen LogP contribution in [0.3, 0.4) is 0 Å². The lowest BCUT2D eigenvalue weighted by Crippen LogP contribution is -2.59. The highest BCUT2D eigenvalue weighted by molar-refractivity contribution is 8.00. The van der Waals surface area contributed by atoms with Crippen LogP contribution in [-0.2, 0) is 120 Å². The van der Waals surface area contributed by atoms with E-state index in [1.165, 1.54) is 93.6 Å². The van der Waals surface area contributed by atoms with Gasteiger partial charge >= 0.3 is 0 Å². The van der Waals surface area contributed by atoms with Gasteiger partial charge in [-0.3, -0.25) is 76.7 Å². The number of unbranched alkanes of at least 4 members (excludes halogenated alkanes) is 1. The molecule has 34 heteroatoms. The maximum Gasteiger partial charge on any atom is 0.293 e. The number of aromatic amines is 2. The summed E-state index contributed by atoms with van der Waals surface area (Å²) in [5.41, 5.74) is 10.1. The molecule has 9 rings (SSSR count). The summed E-state index contributed by atoms with van der Waals surface area (Å²) < 4.78 is 5.17. The second kappa shape index (κ2) is 50.8. The number of ether oxygens (including phenoxy) is 1. The number of amides is 12. The van der Waals surface area contributed by atoms with Crippen molar-refractivity contribution in [1.29, 1.82) is 0 Å². The molecule has 712 valence electrons. The summed E-state index contributed by atoms with van der Waals surface area (Å²) in [4.78, 5) is 248. The van der Waals surface area contributed by atoms with E-state index in [1.54, 1.807) is 131 Å². The zero-order valence-electron chi connectivity index (χ0n) is 76.2. The summed E-state index contributed by atoms with van der Waals surface area (Å²) >= 11 is 0.880. The van der Waals surface area contributed by atoms with E-state index in [1.807, 2.05) is 25.1 Å². The first-order valence-corrected chi connectivity index (χ1v) is 45.5. The predicted octanol–water partition coefficient (Wildman–Crippen LogP) is 6.56. The summed E-state index contributed by atoms with van der Waals surface area (Å²) in [6.45, 7) is 6.87. The number of primary amides is 1. The van der Waals surface area contributed by atoms with Gasteiger partial charge in [0.1, 0.15) is 72.2 Å². The molecule has 6 aromatic carbocycles. The van der Waals surface area contributed by atoms with Crippen LogP contribution in [0.2, 0.25) is 0 Å². The molecule has 33 nitrogen and oxygen atoms in total. The Morgan fingerprint density at radius 1 is 0.489 bits per heavy atom. The Bertz CT molecular complexity index is 5360. The second-order valence-electron chi connectivity index (χ2n) is 34.6. The summed E-state index contributed by atoms with van der Waals surface area (Å²) in [5.74, 6) is -16.4. The maximum absolute atomic E-state index is 15.8. The van der Waals surface area contributed by atoms with E-state index in [4.69, 9.17) is 10.5 Å². The molecule has 12 N–H and O–H groups in total. The van der Waals surface area contributed by atoms with Crippen molar-refractivity contribution in [3.8, 4) is 11.5 Å². The molecule has 0 bridgehead atoms. The molecular weight excluding hydrogens is 1720 g/mol. The number of benzene rings is 6. The van der Waals surface area contributed by atoms with Crippen LogP contribution < -0.4 is 37.6 Å². The Labute approximate surface area is 779 Å². The minimum absolute atomic E-state index is 0. The zero-order valence-corrected chi connectivity index (χ0v) is 77.1. The van der Waals surface area contributed by atoms with Crippen molar-refractivity contribution in [2.75, 3.05) is 66.4 Å². The van der Waals surface area contributed by atoms with Gasteiger partial charge in [-0.2, -0.15) is 0 Å². The minimum atomic E-state index is -1.58. The zero-order chi connectivity index (χ0) is 96.0. The molecule has 0 spiro atoms. The number of hydrogen-bond donors (Lipinski definition) is 11. The number of rotatable bonds is 25. The van der Waals surface area contributed by atoms with Crippen molar-refractivity contribution in [2.24, 2.45) is 29.4 Å². The van der Waals surface area contributed by atoms with Gasteiger partial charge in [-0.05, 0) is 94.5 Å². The molecule has 3 heterocycles. The number of nitrogens with one attached hydrogen (secondary N) is 8. The van der Waals surface area contributed by atoms with Crippen molar-refractivity contribution in [3.05, 3.63) is 203 Å². The lowest BCUT2D eigenvalue weighted by molar-refractivity contribution is -0.151. The van der Waals surface area contributed by atoms with Gasteiger partial charge in [-0.15, -0.1) is 11.8 Å². The molecule has 0 radical (unpaired) electrons. The molecule has 8 aromatic rings. The highest BCUT2D eigenvalue weighted by Crippen LogP contribution is 2.29. The summed E-state index contributed by atoms with van der Waals surface area (Å²) in [5, 5.41) is 39.0. The van der Waals surface area contributed by atoms with Gasteiger partial charge in [0.05, 0.1) is 30.8 Å². The lowest BCUT2D eigenvalue weighted by atomic mass is 9.84. The van der Waals surface area contributed by atoms with Gasteiger partial charge in [0.15, 0.2) is 11.6 Å². The lowest BCUT2D eigenvalue weighted by Gasteiger charge is -2.37. The number of carbonyl (C=O) groups excluding carboxylic acids is 16. The molecule has 11 atom stereocenters. The highest BCUT2D eigenvalue weighted by Gasteiger charge is 2.43. The largest absolute Gasteiger partial charge is 0.508 e. The van der Waals surface area contributed by atoms with E-state index in [0.29, 0.717) is 62.6 Å². The van der Waals surface area contributed by atoms with E-state index >= 15 is 43.2 Å². The van der Waals surface area contributed by atoms with Crippen molar-refractivity contribution >= 4 is 128 Å². The first kappa shape index (κ1) is 105. The molecule has 0 unspecified atom stereocenters. The Balaban J connectivity index is 0.0000218. The van der Waals surface area contributed by atoms with E-state index in [9.17, 15) is 43.8 Å². The molecule has 133 heavy (non-hydrogen) atoms. The number of Topliss-reactive ketones (excluding diaryl/α,β-unsaturated/α-hetero) is 3. The summed E-state index contributed by atoms with van der Waals surface area (Å²) in [7, 11) is 6.83. The first-order valence-electron chi connectivity index (χ1n) is 44.3. The van der Waals surface area contributed by atoms with Crippen molar-refractivity contribution < 1.29 is 91.7 Å². The number of fused-ring (bicyclic) bond motifs is 2. The number of para-hydroxylation sites is 2. The number of carbonyl (C=O) groups is 16. The van der Waals surface area contributed by atoms with Crippen LogP contribution in [-0.4, -0.2) is 260 Å². The number of nitrogens with zero attached hydrogens (tertiary/aromatic N) is 5. The molecule has 0 aliphatic carbocycles. The van der Waals surface area contributed by atoms with Crippen molar-refractivity contribution in [2.45, 2.75) is 186 Å². The smallest absolute Gasteiger partial charge is 0.293 e. The third-order valence-corrected chi connectivity index (χ3v) is 24.8. The normalized spacial score (nSPS) is 21.7. The van der Waals surface area contributed by atoms with Crippen LogP contribution in [0.25, 0.3) is 21.8 Å². The first-order chi connectivity index (χ1) is 63.0. The highest BCUT2D eigenvalue weighted by atomic mass is 32.2. The topological polar surface area (TPSA) is 469 Å². The molecule has 2 aromatic heterocycles. The van der Waals surface area contributed by atoms with E-state index in [-0.39, 0.29) is 88.4 Å². The number of hydrogen-bond acceptors (Lipinski definition) is 20. The van der Waals surface area contributed by atoms with Crippen LogP contribution in [0.5, 0.6) is 11.5 Å². The van der Waals surface area contributed by atoms with E-state index in [2.05, 4.69) is 41.9 Å². The SMILES string of the molecule is C.CCCC[C@H]1C(=O)N(C)CC(=O)C[C@@H](COC=O)C(=O)C[C@@H](C(C)C)C(=O)N(C)[C@@H](Cc2ccccc2)C(=O)N[C@@H](Cc2ccc(O)cc2)C(=O)N(C)CC(=O)N[C@@H](Cc2c[nH]c3ccccc23)C(=O)N[C@@H](Cc2ccc(O)cc2)C(=O)N[C@@H](CC(C)C)C(=O)N[C@H](C(=O)CCC(N)=O)CSCC(=O)N[C@@H](Cc2ccccc2)C(=O)N(C)[C@@H](Cc2c[nH]c3ccccc23)C(=O)N1C. The fourth-order valence-electron chi connectivity index (χ4n) is 16.2. The number of aromatic hydroxyl groups is 2. The van der Waals surface area contributed by atoms with Gasteiger partial charge in [-0.25, -0.2) is 0 Å². The number of thioether (sulfide) groups is 1. The average molecular weight is 1850 g/mol. The minimum Gasteiger partial charge on any atom is -0.508 e. The third-order valence-electron chi connectivity index (χ3n) is 23.7. The summed E-state index contributed by atoms with van der Waals surface area (Å²) in [6, 6.07) is 30.2. The predicted molar refractivity (Wildman–Crippen MR) is 504 cm³/mol. The van der Waals surface area contributed by atoms with Gasteiger partial charge < -0.3 is 87.1 Å². The fraction of sp³-hybridized carbons (Fsp3) is 0.434. The van der Waals surface area contributed by atoms with E-state index < -0.39 is 211 Å². The molecule has 1 aliphatic heterocycles. The Morgan fingerprint density at radius 2 is 0.962 bits per heavy atom. The average Bonchev–Trinajstić information content (AvgIpc) is 1.22. The van der Waals surface area contributed by atoms with Gasteiger partial charge in [0.25, 0.3) is 6.47 Å². The molecule has 1 saturated heterocycles. The van der Waals surface area contributed by atoms with Gasteiger partial charge in [-0.1, -0.05) is 176 Å². The maximum atomic E-state index is 15.8. The fourth-order valence-corrected chi connectivity index (χ4v) is 17.1. The number of H-pyrrole nitrogens is 2. The Kier molecular flexibility index (Phi) is 40.0. The summed E-state index contributed by atoms with van der Waals surface area (Å²) in [6.07, 6.45) is 1.09. The Hall–Kier alpha value is -13.5. The van der Waals surface area contributed by atoms with Crippen molar-refractivity contribution in [1.82, 2.24) is 66.4 Å². The number of aromatic nitrogens is 2. The van der Waals surface area contributed by atoms with Crippen LogP contribution >= 0.6 is 11.8 Å². The number of ketones is 3. The van der Waals surface area contributed by atoms with Gasteiger partial charge in [0.2, 0.25) is 70.9 Å².